The van der Waals surface area contributed by atoms with Crippen LogP contribution in [0.2, 0.25) is 0 Å². The van der Waals surface area contributed by atoms with Gasteiger partial charge in [-0.25, -0.2) is 0 Å². The second-order valence-electron chi connectivity index (χ2n) is 5.35. The Hall–Kier alpha value is -0.120. The molecular formula is C11H20N2O. The van der Waals surface area contributed by atoms with Crippen molar-refractivity contribution in [3.8, 4) is 0 Å². The largest absolute Gasteiger partial charge is 0.380 e. The Morgan fingerprint density at radius 2 is 2.14 bits per heavy atom. The van der Waals surface area contributed by atoms with Crippen LogP contribution < -0.4 is 5.32 Å². The predicted octanol–water partition coefficient (Wildman–Crippen LogP) is 0.459. The third kappa shape index (κ3) is 1.30. The quantitative estimate of drug-likeness (QED) is 0.659. The molecule has 0 bridgehead atoms. The van der Waals surface area contributed by atoms with Crippen molar-refractivity contribution in [3.63, 3.8) is 0 Å². The van der Waals surface area contributed by atoms with Gasteiger partial charge in [0, 0.05) is 30.6 Å². The Labute approximate surface area is 85.8 Å². The summed E-state index contributed by atoms with van der Waals surface area (Å²) in [4.78, 5) is 2.65. The average molecular weight is 196 g/mol. The van der Waals surface area contributed by atoms with Crippen LogP contribution in [0.25, 0.3) is 0 Å². The Kier molecular flexibility index (Phi) is 2.08. The normalized spacial score (nSPS) is 41.8. The van der Waals surface area contributed by atoms with Crippen LogP contribution in [-0.2, 0) is 4.74 Å². The molecule has 0 amide bonds. The highest BCUT2D eigenvalue weighted by Crippen LogP contribution is 2.40. The maximum absolute atomic E-state index is 5.30. The molecule has 3 heteroatoms. The van der Waals surface area contributed by atoms with Gasteiger partial charge in [0.15, 0.2) is 0 Å². The summed E-state index contributed by atoms with van der Waals surface area (Å²) < 4.78 is 5.30. The van der Waals surface area contributed by atoms with Gasteiger partial charge in [0.1, 0.15) is 0 Å². The first-order valence-electron chi connectivity index (χ1n) is 5.84. The van der Waals surface area contributed by atoms with E-state index in [2.05, 4.69) is 17.1 Å². The average Bonchev–Trinajstić information content (AvgIpc) is 2.03. The van der Waals surface area contributed by atoms with Crippen LogP contribution in [0.4, 0.5) is 0 Å². The van der Waals surface area contributed by atoms with Crippen molar-refractivity contribution >= 4 is 0 Å². The molecule has 0 aliphatic carbocycles. The monoisotopic (exact) mass is 196 g/mol. The van der Waals surface area contributed by atoms with E-state index in [9.17, 15) is 0 Å². The third-order valence-electron chi connectivity index (χ3n) is 4.08. The molecule has 3 aliphatic rings. The van der Waals surface area contributed by atoms with Crippen molar-refractivity contribution in [3.05, 3.63) is 0 Å². The predicted molar refractivity (Wildman–Crippen MR) is 55.3 cm³/mol. The van der Waals surface area contributed by atoms with E-state index < -0.39 is 0 Å². The SMILES string of the molecule is CC1NCCCC1N1CC2(COC2)C1. The first-order valence-corrected chi connectivity index (χ1v) is 5.84. The lowest BCUT2D eigenvalue weighted by Crippen LogP contribution is -2.70. The van der Waals surface area contributed by atoms with Crippen LogP contribution in [0.1, 0.15) is 19.8 Å². The van der Waals surface area contributed by atoms with Crippen molar-refractivity contribution in [2.24, 2.45) is 5.41 Å². The number of piperidine rings is 1. The van der Waals surface area contributed by atoms with Gasteiger partial charge in [0.2, 0.25) is 0 Å². The highest BCUT2D eigenvalue weighted by atomic mass is 16.5. The Bertz CT molecular complexity index is 219. The van der Waals surface area contributed by atoms with Gasteiger partial charge in [-0.3, -0.25) is 4.90 Å². The zero-order chi connectivity index (χ0) is 9.60. The molecule has 1 spiro atoms. The van der Waals surface area contributed by atoms with E-state index >= 15 is 0 Å². The molecular weight excluding hydrogens is 176 g/mol. The zero-order valence-electron chi connectivity index (χ0n) is 8.96. The number of likely N-dealkylation sites (tertiary alicyclic amines) is 1. The summed E-state index contributed by atoms with van der Waals surface area (Å²) in [5, 5.41) is 3.57. The van der Waals surface area contributed by atoms with Crippen LogP contribution in [0.15, 0.2) is 0 Å². The van der Waals surface area contributed by atoms with Crippen molar-refractivity contribution in [2.45, 2.75) is 31.8 Å². The van der Waals surface area contributed by atoms with Gasteiger partial charge in [0.25, 0.3) is 0 Å². The molecule has 0 aromatic carbocycles. The minimum absolute atomic E-state index is 0.581. The van der Waals surface area contributed by atoms with Gasteiger partial charge in [-0.1, -0.05) is 0 Å². The van der Waals surface area contributed by atoms with E-state index in [0.29, 0.717) is 11.5 Å². The number of hydrogen-bond acceptors (Lipinski definition) is 3. The van der Waals surface area contributed by atoms with Crippen molar-refractivity contribution in [1.82, 2.24) is 10.2 Å². The van der Waals surface area contributed by atoms with Crippen molar-refractivity contribution in [1.29, 1.82) is 0 Å². The third-order valence-corrected chi connectivity index (χ3v) is 4.08. The van der Waals surface area contributed by atoms with E-state index in [1.807, 2.05) is 0 Å². The van der Waals surface area contributed by atoms with E-state index in [0.717, 1.165) is 19.3 Å². The Balaban J connectivity index is 1.56. The van der Waals surface area contributed by atoms with Crippen LogP contribution in [0.5, 0.6) is 0 Å². The van der Waals surface area contributed by atoms with Crippen molar-refractivity contribution < 1.29 is 4.74 Å². The van der Waals surface area contributed by atoms with Gasteiger partial charge in [-0.2, -0.15) is 0 Å². The van der Waals surface area contributed by atoms with E-state index in [1.54, 1.807) is 0 Å². The van der Waals surface area contributed by atoms with Gasteiger partial charge < -0.3 is 10.1 Å². The first kappa shape index (κ1) is 9.13. The smallest absolute Gasteiger partial charge is 0.0569 e. The second-order valence-corrected chi connectivity index (χ2v) is 5.35. The summed E-state index contributed by atoms with van der Waals surface area (Å²) in [7, 11) is 0. The maximum atomic E-state index is 5.30. The summed E-state index contributed by atoms with van der Waals surface area (Å²) in [5.74, 6) is 0. The van der Waals surface area contributed by atoms with E-state index in [-0.39, 0.29) is 0 Å². The molecule has 0 aromatic heterocycles. The molecule has 3 nitrogen and oxygen atoms in total. The molecule has 3 aliphatic heterocycles. The molecule has 2 unspecified atom stereocenters. The number of nitrogens with zero attached hydrogens (tertiary/aromatic N) is 1. The summed E-state index contributed by atoms with van der Waals surface area (Å²) in [6.45, 7) is 8.12. The molecule has 2 atom stereocenters. The Morgan fingerprint density at radius 3 is 2.71 bits per heavy atom. The van der Waals surface area contributed by atoms with Gasteiger partial charge in [0.05, 0.1) is 13.2 Å². The van der Waals surface area contributed by atoms with Gasteiger partial charge in [-0.15, -0.1) is 0 Å². The lowest BCUT2D eigenvalue weighted by molar-refractivity contribution is -0.201. The van der Waals surface area contributed by atoms with Gasteiger partial charge >= 0.3 is 0 Å². The minimum atomic E-state index is 0.581. The number of ether oxygens (including phenoxy) is 1. The second kappa shape index (κ2) is 3.19. The molecule has 3 fully saturated rings. The minimum Gasteiger partial charge on any atom is -0.380 e. The number of rotatable bonds is 1. The van der Waals surface area contributed by atoms with Gasteiger partial charge in [-0.05, 0) is 26.3 Å². The summed E-state index contributed by atoms with van der Waals surface area (Å²) >= 11 is 0. The standard InChI is InChI=1S/C11H20N2O/c1-9-10(3-2-4-12-9)13-5-11(6-13)7-14-8-11/h9-10,12H,2-8H2,1H3. The van der Waals surface area contributed by atoms with E-state index in [4.69, 9.17) is 4.74 Å². The molecule has 3 saturated heterocycles. The number of nitrogens with one attached hydrogen (secondary N) is 1. The molecule has 80 valence electrons. The fourth-order valence-corrected chi connectivity index (χ4v) is 3.15. The van der Waals surface area contributed by atoms with Crippen molar-refractivity contribution in [2.75, 3.05) is 32.8 Å². The summed E-state index contributed by atoms with van der Waals surface area (Å²) in [6.07, 6.45) is 2.72. The maximum Gasteiger partial charge on any atom is 0.0569 e. The summed E-state index contributed by atoms with van der Waals surface area (Å²) in [6, 6.07) is 1.47. The topological polar surface area (TPSA) is 24.5 Å². The Morgan fingerprint density at radius 1 is 1.36 bits per heavy atom. The zero-order valence-corrected chi connectivity index (χ0v) is 8.96. The highest BCUT2D eigenvalue weighted by Gasteiger charge is 2.51. The van der Waals surface area contributed by atoms with Crippen LogP contribution in [0.3, 0.4) is 0 Å². The molecule has 3 rings (SSSR count). The lowest BCUT2D eigenvalue weighted by Gasteiger charge is -2.59. The molecule has 0 radical (unpaired) electrons. The molecule has 14 heavy (non-hydrogen) atoms. The fourth-order valence-electron chi connectivity index (χ4n) is 3.15. The molecule has 3 heterocycles. The number of hydrogen-bond donors (Lipinski definition) is 1. The van der Waals surface area contributed by atoms with Crippen LogP contribution in [0, 0.1) is 5.41 Å². The summed E-state index contributed by atoms with van der Waals surface area (Å²) in [5.41, 5.74) is 0.581. The van der Waals surface area contributed by atoms with Crippen LogP contribution in [-0.4, -0.2) is 49.8 Å². The first-order chi connectivity index (χ1) is 6.79. The van der Waals surface area contributed by atoms with Crippen LogP contribution >= 0.6 is 0 Å². The molecule has 1 N–H and O–H groups in total. The molecule has 0 aromatic rings. The van der Waals surface area contributed by atoms with E-state index in [1.165, 1.54) is 32.5 Å². The molecule has 0 saturated carbocycles. The lowest BCUT2D eigenvalue weighted by atomic mass is 9.76. The highest BCUT2D eigenvalue weighted by molar-refractivity contribution is 5.03. The fraction of sp³-hybridized carbons (Fsp3) is 1.00.